The van der Waals surface area contributed by atoms with Crippen LogP contribution in [-0.4, -0.2) is 46.6 Å². The molecule has 28 heavy (non-hydrogen) atoms. The van der Waals surface area contributed by atoms with Crippen molar-refractivity contribution < 1.29 is 29.0 Å². The van der Waals surface area contributed by atoms with Gasteiger partial charge in [-0.1, -0.05) is 33.8 Å². The largest absolute Gasteiger partial charge is 0.454 e. The van der Waals surface area contributed by atoms with Crippen LogP contribution in [0.3, 0.4) is 0 Å². The van der Waals surface area contributed by atoms with E-state index in [0.717, 1.165) is 12.8 Å². The molecule has 0 aromatic heterocycles. The third-order valence-corrected chi connectivity index (χ3v) is 7.96. The maximum atomic E-state index is 13.7. The highest BCUT2D eigenvalue weighted by Gasteiger charge is 2.76. The Morgan fingerprint density at radius 1 is 1.21 bits per heavy atom. The molecule has 1 aliphatic heterocycles. The molecule has 154 valence electrons. The highest BCUT2D eigenvalue weighted by atomic mass is 16.6. The van der Waals surface area contributed by atoms with E-state index in [2.05, 4.69) is 20.4 Å². The molecule has 1 N–H and O–H groups in total. The van der Waals surface area contributed by atoms with Crippen LogP contribution >= 0.6 is 0 Å². The van der Waals surface area contributed by atoms with Crippen LogP contribution in [0, 0.1) is 22.7 Å². The molecule has 3 saturated carbocycles. The number of epoxide rings is 1. The number of aliphatic hydroxyl groups is 1. The second-order valence-corrected chi connectivity index (χ2v) is 10.1. The number of carbonyl (C=O) groups is 3. The Morgan fingerprint density at radius 3 is 2.54 bits per heavy atom. The lowest BCUT2D eigenvalue weighted by atomic mass is 9.52. The lowest BCUT2D eigenvalue weighted by molar-refractivity contribution is -0.164. The number of hydrogen-bond acceptors (Lipinski definition) is 6. The molecule has 1 saturated heterocycles. The van der Waals surface area contributed by atoms with Gasteiger partial charge in [-0.3, -0.25) is 14.4 Å². The smallest absolute Gasteiger partial charge is 0.303 e. The van der Waals surface area contributed by atoms with Gasteiger partial charge in [0.25, 0.3) is 0 Å². The summed E-state index contributed by atoms with van der Waals surface area (Å²) in [6.07, 6.45) is 0.635. The van der Waals surface area contributed by atoms with Gasteiger partial charge in [-0.25, -0.2) is 0 Å². The number of Topliss-reactive ketones (excluding diaryl/α,β-unsaturated/α-hetero) is 2. The van der Waals surface area contributed by atoms with Gasteiger partial charge < -0.3 is 14.6 Å². The van der Waals surface area contributed by atoms with E-state index in [4.69, 9.17) is 9.47 Å². The number of esters is 1. The Morgan fingerprint density at radius 2 is 1.89 bits per heavy atom. The highest BCUT2D eigenvalue weighted by Crippen LogP contribution is 2.61. The summed E-state index contributed by atoms with van der Waals surface area (Å²) in [5.74, 6) is -1.43. The van der Waals surface area contributed by atoms with Crippen LogP contribution in [0.25, 0.3) is 0 Å². The van der Waals surface area contributed by atoms with Gasteiger partial charge in [-0.15, -0.1) is 0 Å². The molecular weight excluding hydrogens is 360 g/mol. The van der Waals surface area contributed by atoms with Crippen LogP contribution in [0.2, 0.25) is 0 Å². The summed E-state index contributed by atoms with van der Waals surface area (Å²) >= 11 is 0. The van der Waals surface area contributed by atoms with E-state index in [0.29, 0.717) is 18.4 Å². The molecule has 0 amide bonds. The molecule has 2 bridgehead atoms. The molecule has 6 heteroatoms. The van der Waals surface area contributed by atoms with Crippen molar-refractivity contribution in [1.29, 1.82) is 0 Å². The number of aliphatic hydroxyl groups excluding tert-OH is 1. The van der Waals surface area contributed by atoms with Crippen molar-refractivity contribution in [2.45, 2.75) is 83.7 Å². The van der Waals surface area contributed by atoms with Crippen molar-refractivity contribution in [3.05, 3.63) is 12.2 Å². The normalized spacial score (nSPS) is 47.2. The molecule has 7 atom stereocenters. The van der Waals surface area contributed by atoms with Crippen molar-refractivity contribution in [3.63, 3.8) is 0 Å². The summed E-state index contributed by atoms with van der Waals surface area (Å²) in [6.45, 7) is 11.4. The predicted octanol–water partition coefficient (Wildman–Crippen LogP) is 2.37. The van der Waals surface area contributed by atoms with Crippen molar-refractivity contribution in [2.24, 2.45) is 22.7 Å². The highest BCUT2D eigenvalue weighted by molar-refractivity contribution is 6.08. The number of hydrogen-bond donors (Lipinski definition) is 1. The molecule has 0 aromatic rings. The van der Waals surface area contributed by atoms with Crippen molar-refractivity contribution >= 4 is 17.5 Å². The Kier molecular flexibility index (Phi) is 4.23. The summed E-state index contributed by atoms with van der Waals surface area (Å²) in [4.78, 5) is 38.4. The Hall–Kier alpha value is -1.53. The number of carbonyl (C=O) groups excluding carboxylic acids is 3. The maximum absolute atomic E-state index is 13.7. The third kappa shape index (κ3) is 2.50. The first-order valence-corrected chi connectivity index (χ1v) is 10.3. The van der Waals surface area contributed by atoms with Crippen molar-refractivity contribution in [2.75, 3.05) is 0 Å². The summed E-state index contributed by atoms with van der Waals surface area (Å²) in [7, 11) is 0. The monoisotopic (exact) mass is 390 g/mol. The summed E-state index contributed by atoms with van der Waals surface area (Å²) < 4.78 is 11.3. The zero-order valence-electron chi connectivity index (χ0n) is 17.1. The van der Waals surface area contributed by atoms with E-state index in [1.165, 1.54) is 6.92 Å². The van der Waals surface area contributed by atoms with Gasteiger partial charge in [0.05, 0.1) is 6.10 Å². The molecule has 1 heterocycles. The third-order valence-electron chi connectivity index (χ3n) is 7.96. The van der Waals surface area contributed by atoms with Gasteiger partial charge in [-0.2, -0.15) is 0 Å². The molecule has 0 unspecified atom stereocenters. The average Bonchev–Trinajstić information content (AvgIpc) is 3.30. The van der Waals surface area contributed by atoms with E-state index in [-0.39, 0.29) is 29.3 Å². The van der Waals surface area contributed by atoms with Gasteiger partial charge in [0, 0.05) is 24.7 Å². The lowest BCUT2D eigenvalue weighted by Crippen LogP contribution is -2.54. The van der Waals surface area contributed by atoms with Gasteiger partial charge in [-0.05, 0) is 36.2 Å². The fourth-order valence-corrected chi connectivity index (χ4v) is 6.43. The van der Waals surface area contributed by atoms with E-state index in [1.807, 2.05) is 6.92 Å². The Balaban J connectivity index is 1.82. The molecule has 4 aliphatic rings. The lowest BCUT2D eigenvalue weighted by Gasteiger charge is -2.51. The fraction of sp³-hybridized carbons (Fsp3) is 0.773. The van der Waals surface area contributed by atoms with Gasteiger partial charge in [0.15, 0.2) is 23.3 Å². The fourth-order valence-electron chi connectivity index (χ4n) is 6.43. The summed E-state index contributed by atoms with van der Waals surface area (Å²) in [5, 5.41) is 11.1. The molecule has 0 spiro atoms. The van der Waals surface area contributed by atoms with E-state index >= 15 is 0 Å². The first-order chi connectivity index (χ1) is 12.9. The minimum Gasteiger partial charge on any atom is -0.454 e. The van der Waals surface area contributed by atoms with Gasteiger partial charge in [0.1, 0.15) is 6.10 Å². The molecule has 3 aliphatic carbocycles. The maximum Gasteiger partial charge on any atom is 0.303 e. The topological polar surface area (TPSA) is 93.2 Å². The van der Waals surface area contributed by atoms with Gasteiger partial charge >= 0.3 is 5.97 Å². The molecule has 0 radical (unpaired) electrons. The van der Waals surface area contributed by atoms with E-state index in [9.17, 15) is 19.5 Å². The van der Waals surface area contributed by atoms with Crippen LogP contribution in [-0.2, 0) is 23.9 Å². The van der Waals surface area contributed by atoms with Crippen LogP contribution in [0.15, 0.2) is 12.2 Å². The van der Waals surface area contributed by atoms with E-state index in [1.54, 1.807) is 0 Å². The standard InChI is InChI=1S/C22H30O6/c1-11-13-9-14(27-12(2)23)18(26)21(5)8-6-7-20(3,4)15(21)10-16(24)22(17(11)25)19(13)28-22/h13-16,19,24H,1,6-10H2,2-5H3/t13-,14-,15+,16+,19+,21-,22-/m0/s1. The molecule has 0 aromatic carbocycles. The second kappa shape index (κ2) is 5.99. The van der Waals surface area contributed by atoms with Crippen molar-refractivity contribution in [1.82, 2.24) is 0 Å². The minimum atomic E-state index is -1.22. The first kappa shape index (κ1) is 19.8. The summed E-state index contributed by atoms with van der Waals surface area (Å²) in [6, 6.07) is 0. The van der Waals surface area contributed by atoms with Gasteiger partial charge in [0.2, 0.25) is 0 Å². The number of ether oxygens (including phenoxy) is 2. The van der Waals surface area contributed by atoms with Crippen LogP contribution in [0.4, 0.5) is 0 Å². The molecule has 6 nitrogen and oxygen atoms in total. The number of rotatable bonds is 1. The quantitative estimate of drug-likeness (QED) is 0.420. The first-order valence-electron chi connectivity index (χ1n) is 10.3. The Labute approximate surface area is 165 Å². The molecular formula is C22H30O6. The molecule has 4 rings (SSSR count). The molecule has 4 fully saturated rings. The van der Waals surface area contributed by atoms with E-state index < -0.39 is 41.2 Å². The SMILES string of the molecule is C=C1C(=O)[C@]23O[C@@H]2[C@H]1C[C@H](OC(C)=O)C(=O)[C@@]1(C)CCCC(C)(C)[C@H]1C[C@H]3O. The summed E-state index contributed by atoms with van der Waals surface area (Å²) in [5.41, 5.74) is -1.78. The van der Waals surface area contributed by atoms with Crippen LogP contribution < -0.4 is 0 Å². The van der Waals surface area contributed by atoms with Crippen molar-refractivity contribution in [3.8, 4) is 0 Å². The minimum absolute atomic E-state index is 0.104. The zero-order valence-corrected chi connectivity index (χ0v) is 17.1. The van der Waals surface area contributed by atoms with Crippen LogP contribution in [0.5, 0.6) is 0 Å². The number of fused-ring (bicyclic) bond motifs is 1. The average molecular weight is 390 g/mol. The number of ketones is 2. The zero-order chi connectivity index (χ0) is 20.6. The van der Waals surface area contributed by atoms with Crippen LogP contribution in [0.1, 0.15) is 59.8 Å². The second-order valence-electron chi connectivity index (χ2n) is 10.1. The predicted molar refractivity (Wildman–Crippen MR) is 100 cm³/mol. The Bertz CT molecular complexity index is 769.